The zero-order valence-electron chi connectivity index (χ0n) is 9.51. The van der Waals surface area contributed by atoms with Crippen molar-refractivity contribution >= 4 is 23.3 Å². The van der Waals surface area contributed by atoms with Crippen molar-refractivity contribution in [2.75, 3.05) is 23.3 Å². The maximum Gasteiger partial charge on any atom is 0.323 e. The monoisotopic (exact) mass is 245 g/mol. The summed E-state index contributed by atoms with van der Waals surface area (Å²) in [6, 6.07) is 6.79. The van der Waals surface area contributed by atoms with Crippen LogP contribution in [0.1, 0.15) is 12.0 Å². The van der Waals surface area contributed by atoms with Gasteiger partial charge in [-0.1, -0.05) is 0 Å². The van der Waals surface area contributed by atoms with E-state index in [4.69, 9.17) is 10.4 Å². The lowest BCUT2D eigenvalue weighted by molar-refractivity contribution is -0.135. The number of carboxylic acids is 1. The highest BCUT2D eigenvalue weighted by atomic mass is 16.4. The number of amides is 1. The lowest BCUT2D eigenvalue weighted by Crippen LogP contribution is -2.30. The zero-order chi connectivity index (χ0) is 13.1. The summed E-state index contributed by atoms with van der Waals surface area (Å²) in [5.74, 6) is -1.13. The molecule has 0 saturated heterocycles. The first-order valence-corrected chi connectivity index (χ1v) is 5.41. The Kier molecular flexibility index (Phi) is 3.15. The summed E-state index contributed by atoms with van der Waals surface area (Å²) in [5.41, 5.74) is 1.54. The highest BCUT2D eigenvalue weighted by Crippen LogP contribution is 2.29. The van der Waals surface area contributed by atoms with E-state index in [2.05, 4.69) is 5.32 Å². The molecule has 0 aliphatic carbocycles. The molecule has 1 aliphatic rings. The first-order valence-electron chi connectivity index (χ1n) is 5.41. The molecule has 1 amide bonds. The molecular formula is C12H11N3O3. The highest BCUT2D eigenvalue weighted by Gasteiger charge is 2.21. The standard InChI is InChI=1S/C12H11N3O3/c13-6-8-1-2-9-10(5-8)15(7-12(17)18)4-3-11(16)14-9/h1-2,5H,3-4,7H2,(H,14,16)(H,17,18). The fourth-order valence-corrected chi connectivity index (χ4v) is 1.87. The quantitative estimate of drug-likeness (QED) is 0.803. The number of hydrogen-bond donors (Lipinski definition) is 2. The van der Waals surface area contributed by atoms with Crippen LogP contribution in [-0.4, -0.2) is 30.1 Å². The molecule has 0 fully saturated rings. The Bertz CT molecular complexity index is 548. The van der Waals surface area contributed by atoms with Crippen LogP contribution in [0.4, 0.5) is 11.4 Å². The van der Waals surface area contributed by atoms with Gasteiger partial charge in [-0.15, -0.1) is 0 Å². The van der Waals surface area contributed by atoms with Crippen molar-refractivity contribution in [1.29, 1.82) is 5.26 Å². The van der Waals surface area contributed by atoms with Gasteiger partial charge in [0.25, 0.3) is 0 Å². The largest absolute Gasteiger partial charge is 0.480 e. The smallest absolute Gasteiger partial charge is 0.323 e. The van der Waals surface area contributed by atoms with Gasteiger partial charge in [0.1, 0.15) is 6.54 Å². The second kappa shape index (κ2) is 4.75. The van der Waals surface area contributed by atoms with Gasteiger partial charge in [0.15, 0.2) is 0 Å². The van der Waals surface area contributed by atoms with Crippen LogP contribution in [0.25, 0.3) is 0 Å². The zero-order valence-corrected chi connectivity index (χ0v) is 9.51. The van der Waals surface area contributed by atoms with Gasteiger partial charge in [0, 0.05) is 13.0 Å². The molecule has 2 N–H and O–H groups in total. The predicted molar refractivity (Wildman–Crippen MR) is 64.3 cm³/mol. The fraction of sp³-hybridized carbons (Fsp3) is 0.250. The third-order valence-corrected chi connectivity index (χ3v) is 2.68. The van der Waals surface area contributed by atoms with E-state index in [9.17, 15) is 9.59 Å². The second-order valence-corrected chi connectivity index (χ2v) is 3.96. The van der Waals surface area contributed by atoms with Crippen molar-refractivity contribution in [3.8, 4) is 6.07 Å². The third kappa shape index (κ3) is 2.40. The Morgan fingerprint density at radius 2 is 2.33 bits per heavy atom. The van der Waals surface area contributed by atoms with Crippen LogP contribution in [0.3, 0.4) is 0 Å². The topological polar surface area (TPSA) is 93.4 Å². The molecule has 6 heteroatoms. The van der Waals surface area contributed by atoms with Gasteiger partial charge in [0.2, 0.25) is 5.91 Å². The van der Waals surface area contributed by atoms with Crippen LogP contribution in [0, 0.1) is 11.3 Å². The van der Waals surface area contributed by atoms with Crippen molar-refractivity contribution in [2.45, 2.75) is 6.42 Å². The maximum absolute atomic E-state index is 11.5. The minimum absolute atomic E-state index is 0.158. The van der Waals surface area contributed by atoms with Crippen LogP contribution in [0.15, 0.2) is 18.2 Å². The van der Waals surface area contributed by atoms with Crippen molar-refractivity contribution in [3.63, 3.8) is 0 Å². The molecule has 0 atom stereocenters. The van der Waals surface area contributed by atoms with Crippen LogP contribution in [0.5, 0.6) is 0 Å². The van der Waals surface area contributed by atoms with E-state index in [-0.39, 0.29) is 18.9 Å². The number of nitrogens with one attached hydrogen (secondary N) is 1. The molecule has 1 aromatic carbocycles. The second-order valence-electron chi connectivity index (χ2n) is 3.96. The van der Waals surface area contributed by atoms with E-state index >= 15 is 0 Å². The van der Waals surface area contributed by atoms with Crippen molar-refractivity contribution in [1.82, 2.24) is 0 Å². The predicted octanol–water partition coefficient (Wildman–Crippen LogP) is 0.791. The lowest BCUT2D eigenvalue weighted by Gasteiger charge is -2.22. The minimum atomic E-state index is -0.974. The van der Waals surface area contributed by atoms with E-state index in [1.807, 2.05) is 6.07 Å². The molecule has 0 aromatic heterocycles. The van der Waals surface area contributed by atoms with Crippen molar-refractivity contribution in [3.05, 3.63) is 23.8 Å². The third-order valence-electron chi connectivity index (χ3n) is 2.68. The van der Waals surface area contributed by atoms with Gasteiger partial charge < -0.3 is 15.3 Å². The van der Waals surface area contributed by atoms with E-state index in [0.717, 1.165) is 0 Å². The average molecular weight is 245 g/mol. The average Bonchev–Trinajstić information content (AvgIpc) is 2.48. The van der Waals surface area contributed by atoms with Gasteiger partial charge in [0.05, 0.1) is 23.0 Å². The summed E-state index contributed by atoms with van der Waals surface area (Å²) in [6.45, 7) is 0.122. The normalized spacial score (nSPS) is 14.2. The van der Waals surface area contributed by atoms with Gasteiger partial charge in [-0.2, -0.15) is 5.26 Å². The number of carbonyl (C=O) groups is 2. The van der Waals surface area contributed by atoms with Gasteiger partial charge in [-0.25, -0.2) is 0 Å². The molecule has 92 valence electrons. The maximum atomic E-state index is 11.5. The Morgan fingerprint density at radius 1 is 1.56 bits per heavy atom. The van der Waals surface area contributed by atoms with Gasteiger partial charge in [-0.3, -0.25) is 9.59 Å². The summed E-state index contributed by atoms with van der Waals surface area (Å²) < 4.78 is 0. The molecule has 2 rings (SSSR count). The number of hydrogen-bond acceptors (Lipinski definition) is 4. The van der Waals surface area contributed by atoms with Crippen LogP contribution in [0.2, 0.25) is 0 Å². The Hall–Kier alpha value is -2.55. The summed E-state index contributed by atoms with van der Waals surface area (Å²) in [6.07, 6.45) is 0.226. The molecule has 0 unspecified atom stereocenters. The lowest BCUT2D eigenvalue weighted by atomic mass is 10.1. The number of nitriles is 1. The van der Waals surface area contributed by atoms with Crippen LogP contribution in [-0.2, 0) is 9.59 Å². The molecule has 6 nitrogen and oxygen atoms in total. The molecule has 0 spiro atoms. The SMILES string of the molecule is N#Cc1ccc2c(c1)N(CC(=O)O)CCC(=O)N2. The molecule has 1 heterocycles. The number of anilines is 2. The molecule has 0 saturated carbocycles. The molecule has 0 radical (unpaired) electrons. The number of fused-ring (bicyclic) bond motifs is 1. The Morgan fingerprint density at radius 3 is 3.00 bits per heavy atom. The number of nitrogens with zero attached hydrogens (tertiary/aromatic N) is 2. The number of aliphatic carboxylic acids is 1. The van der Waals surface area contributed by atoms with Gasteiger partial charge >= 0.3 is 5.97 Å². The van der Waals surface area contributed by atoms with Crippen LogP contribution < -0.4 is 10.2 Å². The van der Waals surface area contributed by atoms with Crippen LogP contribution >= 0.6 is 0 Å². The molecule has 1 aliphatic heterocycles. The van der Waals surface area contributed by atoms with Crippen molar-refractivity contribution < 1.29 is 14.7 Å². The van der Waals surface area contributed by atoms with E-state index in [0.29, 0.717) is 23.5 Å². The summed E-state index contributed by atoms with van der Waals surface area (Å²) in [4.78, 5) is 23.9. The van der Waals surface area contributed by atoms with E-state index < -0.39 is 5.97 Å². The number of benzene rings is 1. The summed E-state index contributed by atoms with van der Waals surface area (Å²) >= 11 is 0. The summed E-state index contributed by atoms with van der Waals surface area (Å²) in [5, 5.41) is 20.4. The van der Waals surface area contributed by atoms with E-state index in [1.54, 1.807) is 23.1 Å². The number of rotatable bonds is 2. The van der Waals surface area contributed by atoms with E-state index in [1.165, 1.54) is 0 Å². The molecule has 1 aromatic rings. The number of carbonyl (C=O) groups excluding carboxylic acids is 1. The molecular weight excluding hydrogens is 234 g/mol. The minimum Gasteiger partial charge on any atom is -0.480 e. The van der Waals surface area contributed by atoms with Crippen molar-refractivity contribution in [2.24, 2.45) is 0 Å². The number of carboxylic acid groups (broad SMARTS) is 1. The molecule has 0 bridgehead atoms. The Balaban J connectivity index is 2.44. The van der Waals surface area contributed by atoms with Gasteiger partial charge in [-0.05, 0) is 18.2 Å². The molecule has 18 heavy (non-hydrogen) atoms. The fourth-order valence-electron chi connectivity index (χ4n) is 1.87. The first kappa shape index (κ1) is 11.9. The highest BCUT2D eigenvalue weighted by molar-refractivity contribution is 5.97. The summed E-state index contributed by atoms with van der Waals surface area (Å²) in [7, 11) is 0. The first-order chi connectivity index (χ1) is 8.60. The Labute approximate surface area is 103 Å².